The first-order valence-corrected chi connectivity index (χ1v) is 9.14. The predicted octanol–water partition coefficient (Wildman–Crippen LogP) is 1.77. The van der Waals surface area contributed by atoms with Gasteiger partial charge in [0.2, 0.25) is 11.1 Å². The van der Waals surface area contributed by atoms with Gasteiger partial charge in [-0.1, -0.05) is 23.9 Å². The number of thioether (sulfide) groups is 1. The number of methoxy groups -OCH3 is 1. The van der Waals surface area contributed by atoms with Gasteiger partial charge in [0.15, 0.2) is 5.82 Å². The van der Waals surface area contributed by atoms with E-state index in [4.69, 9.17) is 10.6 Å². The Labute approximate surface area is 162 Å². The van der Waals surface area contributed by atoms with Crippen molar-refractivity contribution in [2.45, 2.75) is 43.6 Å². The van der Waals surface area contributed by atoms with Crippen LogP contribution < -0.4 is 21.2 Å². The third-order valence-corrected chi connectivity index (χ3v) is 4.45. The number of nitrogen functional groups attached to an aromatic ring is 1. The third-order valence-electron chi connectivity index (χ3n) is 3.39. The summed E-state index contributed by atoms with van der Waals surface area (Å²) in [7, 11) is 1.56. The van der Waals surface area contributed by atoms with Crippen LogP contribution in [0.25, 0.3) is 11.4 Å². The minimum atomic E-state index is -0.604. The summed E-state index contributed by atoms with van der Waals surface area (Å²) in [6, 6.07) is 6.73. The van der Waals surface area contributed by atoms with Crippen LogP contribution in [0.4, 0.5) is 4.79 Å². The summed E-state index contributed by atoms with van der Waals surface area (Å²) in [5, 5.41) is 12.8. The Hall–Kier alpha value is -2.75. The molecule has 0 radical (unpaired) electrons. The molecule has 0 aliphatic heterocycles. The van der Waals surface area contributed by atoms with Crippen LogP contribution in [-0.2, 0) is 4.79 Å². The summed E-state index contributed by atoms with van der Waals surface area (Å²) >= 11 is 1.10. The molecule has 10 heteroatoms. The van der Waals surface area contributed by atoms with E-state index < -0.39 is 22.7 Å². The van der Waals surface area contributed by atoms with Gasteiger partial charge in [0, 0.05) is 5.54 Å². The van der Waals surface area contributed by atoms with Gasteiger partial charge in [-0.05, 0) is 39.8 Å². The zero-order chi connectivity index (χ0) is 20.2. The van der Waals surface area contributed by atoms with E-state index in [1.165, 1.54) is 4.68 Å². The Balaban J connectivity index is 2.09. The molecule has 0 aliphatic carbocycles. The van der Waals surface area contributed by atoms with Gasteiger partial charge in [-0.15, -0.1) is 10.2 Å². The first kappa shape index (κ1) is 20.6. The summed E-state index contributed by atoms with van der Waals surface area (Å²) in [6.45, 7) is 7.13. The van der Waals surface area contributed by atoms with E-state index in [2.05, 4.69) is 20.8 Å². The number of benzene rings is 1. The first-order valence-electron chi connectivity index (χ1n) is 8.26. The second-order valence-corrected chi connectivity index (χ2v) is 8.14. The summed E-state index contributed by atoms with van der Waals surface area (Å²) in [4.78, 5) is 24.0. The van der Waals surface area contributed by atoms with Gasteiger partial charge < -0.3 is 15.9 Å². The van der Waals surface area contributed by atoms with Crippen LogP contribution in [0.15, 0.2) is 29.4 Å². The molecule has 1 aromatic heterocycles. The number of nitrogens with one attached hydrogen (secondary N) is 2. The fourth-order valence-electron chi connectivity index (χ4n) is 2.17. The number of amides is 3. The van der Waals surface area contributed by atoms with Crippen molar-refractivity contribution < 1.29 is 14.3 Å². The van der Waals surface area contributed by atoms with Gasteiger partial charge in [-0.25, -0.2) is 9.47 Å². The van der Waals surface area contributed by atoms with E-state index in [-0.39, 0.29) is 0 Å². The Morgan fingerprint density at radius 1 is 1.26 bits per heavy atom. The highest BCUT2D eigenvalue weighted by atomic mass is 32.2. The fourth-order valence-corrected chi connectivity index (χ4v) is 2.94. The number of imide groups is 1. The second kappa shape index (κ2) is 8.30. The quantitative estimate of drug-likeness (QED) is 0.523. The van der Waals surface area contributed by atoms with Crippen molar-refractivity contribution in [3.8, 4) is 17.1 Å². The summed E-state index contributed by atoms with van der Waals surface area (Å²) in [6.07, 6.45) is 0. The smallest absolute Gasteiger partial charge is 0.321 e. The molecule has 0 bridgehead atoms. The topological polar surface area (TPSA) is 124 Å². The molecule has 2 aromatic rings. The van der Waals surface area contributed by atoms with E-state index in [0.717, 1.165) is 11.8 Å². The van der Waals surface area contributed by atoms with E-state index in [1.807, 2.05) is 39.0 Å². The van der Waals surface area contributed by atoms with Crippen LogP contribution in [0.5, 0.6) is 5.75 Å². The average Bonchev–Trinajstić information content (AvgIpc) is 2.93. The van der Waals surface area contributed by atoms with E-state index in [1.54, 1.807) is 20.1 Å². The van der Waals surface area contributed by atoms with Gasteiger partial charge in [0.25, 0.3) is 0 Å². The molecule has 2 rings (SSSR count). The maximum Gasteiger partial charge on any atom is 0.321 e. The lowest BCUT2D eigenvalue weighted by molar-refractivity contribution is -0.119. The van der Waals surface area contributed by atoms with Gasteiger partial charge in [0.05, 0.1) is 17.9 Å². The molecule has 1 aromatic carbocycles. The number of hydrogen-bond donors (Lipinski definition) is 3. The molecule has 0 saturated carbocycles. The lowest BCUT2D eigenvalue weighted by Gasteiger charge is -2.21. The minimum Gasteiger partial charge on any atom is -0.496 e. The van der Waals surface area contributed by atoms with Gasteiger partial charge in [0.1, 0.15) is 5.75 Å². The second-order valence-electron chi connectivity index (χ2n) is 6.83. The molecule has 0 fully saturated rings. The molecular weight excluding hydrogens is 368 g/mol. The number of hydrogen-bond acceptors (Lipinski definition) is 7. The Morgan fingerprint density at radius 3 is 2.56 bits per heavy atom. The number of rotatable bonds is 5. The molecule has 0 spiro atoms. The summed E-state index contributed by atoms with van der Waals surface area (Å²) < 4.78 is 6.61. The average molecular weight is 392 g/mol. The van der Waals surface area contributed by atoms with E-state index >= 15 is 0 Å². The highest BCUT2D eigenvalue weighted by Crippen LogP contribution is 2.30. The SMILES string of the molecule is COc1ccccc1-c1nnc(SC(C)C(=O)NC(=O)NC(C)(C)C)n1N. The maximum absolute atomic E-state index is 12.2. The number of urea groups is 1. The Kier molecular flexibility index (Phi) is 6.32. The van der Waals surface area contributed by atoms with Crippen LogP contribution in [0.2, 0.25) is 0 Å². The van der Waals surface area contributed by atoms with E-state index in [0.29, 0.717) is 22.3 Å². The predicted molar refractivity (Wildman–Crippen MR) is 104 cm³/mol. The number of carbonyl (C=O) groups excluding carboxylic acids is 2. The molecule has 3 amide bonds. The molecule has 9 nitrogen and oxygen atoms in total. The van der Waals surface area contributed by atoms with Gasteiger partial charge in [-0.3, -0.25) is 10.1 Å². The van der Waals surface area contributed by atoms with Gasteiger partial charge in [-0.2, -0.15) is 0 Å². The van der Waals surface area contributed by atoms with Gasteiger partial charge >= 0.3 is 6.03 Å². The Morgan fingerprint density at radius 2 is 1.93 bits per heavy atom. The molecule has 4 N–H and O–H groups in total. The van der Waals surface area contributed by atoms with Crippen LogP contribution in [0.1, 0.15) is 27.7 Å². The molecule has 1 atom stereocenters. The normalized spacial score (nSPS) is 12.3. The van der Waals surface area contributed by atoms with Crippen molar-refractivity contribution in [1.82, 2.24) is 25.5 Å². The molecular formula is C17H24N6O3S. The highest BCUT2D eigenvalue weighted by molar-refractivity contribution is 8.00. The molecule has 146 valence electrons. The molecule has 1 heterocycles. The summed E-state index contributed by atoms with van der Waals surface area (Å²) in [5.41, 5.74) is 0.241. The third kappa shape index (κ3) is 5.36. The maximum atomic E-state index is 12.2. The van der Waals surface area contributed by atoms with Crippen LogP contribution >= 0.6 is 11.8 Å². The fraction of sp³-hybridized carbons (Fsp3) is 0.412. The molecule has 1 unspecified atom stereocenters. The van der Waals surface area contributed by atoms with Crippen molar-refractivity contribution in [1.29, 1.82) is 0 Å². The molecule has 27 heavy (non-hydrogen) atoms. The number of carbonyl (C=O) groups is 2. The lowest BCUT2D eigenvalue weighted by Crippen LogP contribution is -2.49. The van der Waals surface area contributed by atoms with Crippen LogP contribution in [-0.4, -0.2) is 44.7 Å². The highest BCUT2D eigenvalue weighted by Gasteiger charge is 2.23. The zero-order valence-corrected chi connectivity index (χ0v) is 16.8. The van der Waals surface area contributed by atoms with E-state index in [9.17, 15) is 9.59 Å². The summed E-state index contributed by atoms with van der Waals surface area (Å²) in [5.74, 6) is 6.66. The largest absolute Gasteiger partial charge is 0.496 e. The number of aromatic nitrogens is 3. The standard InChI is InChI=1S/C17H24N6O3S/c1-10(14(24)19-15(25)20-17(2,3)4)27-16-22-21-13(23(16)18)11-8-6-7-9-12(11)26-5/h6-10H,18H2,1-5H3,(H2,19,20,24,25). The zero-order valence-electron chi connectivity index (χ0n) is 15.9. The molecule has 0 saturated heterocycles. The lowest BCUT2D eigenvalue weighted by atomic mass is 10.1. The van der Waals surface area contributed by atoms with Crippen LogP contribution in [0.3, 0.4) is 0 Å². The first-order chi connectivity index (χ1) is 12.6. The monoisotopic (exact) mass is 392 g/mol. The number of nitrogens with two attached hydrogens (primary N) is 1. The number of para-hydroxylation sites is 1. The molecule has 0 aliphatic rings. The van der Waals surface area contributed by atoms with Crippen molar-refractivity contribution in [2.24, 2.45) is 0 Å². The Bertz CT molecular complexity index is 830. The van der Waals surface area contributed by atoms with Crippen molar-refractivity contribution in [3.63, 3.8) is 0 Å². The number of ether oxygens (including phenoxy) is 1. The van der Waals surface area contributed by atoms with Crippen molar-refractivity contribution in [3.05, 3.63) is 24.3 Å². The number of nitrogens with zero attached hydrogens (tertiary/aromatic N) is 3. The minimum absolute atomic E-state index is 0.342. The van der Waals surface area contributed by atoms with Crippen molar-refractivity contribution in [2.75, 3.05) is 13.0 Å². The van der Waals surface area contributed by atoms with Crippen molar-refractivity contribution >= 4 is 23.7 Å². The van der Waals surface area contributed by atoms with Crippen LogP contribution in [0, 0.1) is 0 Å².